The first-order valence-electron chi connectivity index (χ1n) is 8.42. The molecular formula is C19H19N3O5S2. The molecule has 0 spiro atoms. The fraction of sp³-hybridized carbons (Fsp3) is 0.0526. The molecule has 5 N–H and O–H groups in total. The monoisotopic (exact) mass is 433 g/mol. The van der Waals surface area contributed by atoms with Gasteiger partial charge in [0.2, 0.25) is 0 Å². The van der Waals surface area contributed by atoms with Crippen LogP contribution in [-0.4, -0.2) is 21.4 Å². The summed E-state index contributed by atoms with van der Waals surface area (Å²) < 4.78 is 60.8. The number of rotatable bonds is 7. The molecule has 1 unspecified atom stereocenters. The zero-order chi connectivity index (χ0) is 21.1. The molecule has 0 heterocycles. The van der Waals surface area contributed by atoms with Crippen molar-refractivity contribution in [2.75, 3.05) is 15.8 Å². The number of nitrogen functional groups attached to an aromatic ring is 1. The molecule has 0 aromatic heterocycles. The second kappa shape index (κ2) is 8.11. The van der Waals surface area contributed by atoms with Crippen molar-refractivity contribution >= 4 is 37.2 Å². The van der Waals surface area contributed by atoms with Crippen LogP contribution >= 0.6 is 0 Å². The van der Waals surface area contributed by atoms with Crippen molar-refractivity contribution < 1.29 is 21.4 Å². The van der Waals surface area contributed by atoms with E-state index in [0.717, 1.165) is 0 Å². The number of benzene rings is 3. The molecular weight excluding hydrogens is 414 g/mol. The van der Waals surface area contributed by atoms with Crippen LogP contribution in [0.2, 0.25) is 0 Å². The maximum Gasteiger partial charge on any atom is 0.290 e. The third kappa shape index (κ3) is 5.05. The molecule has 3 rings (SSSR count). The minimum Gasteiger partial charge on any atom is -0.397 e. The van der Waals surface area contributed by atoms with Gasteiger partial charge in [-0.2, -0.15) is 8.42 Å². The van der Waals surface area contributed by atoms with Gasteiger partial charge in [0.25, 0.3) is 20.1 Å². The largest absolute Gasteiger partial charge is 0.397 e. The highest BCUT2D eigenvalue weighted by atomic mass is 32.2. The summed E-state index contributed by atoms with van der Waals surface area (Å²) >= 11 is 0. The number of nitrogens with one attached hydrogen (secondary N) is 2. The van der Waals surface area contributed by atoms with Gasteiger partial charge >= 0.3 is 0 Å². The standard InChI is InChI=1S/C19H19N3O5S2/c20-17-8-4-5-9-18(17)22-28(23,24)16-12-10-14(11-13-16)19(29(25,26)27)21-15-6-2-1-3-7-15/h1-13,19,21-22H,20H2,(H,25,26,27). The summed E-state index contributed by atoms with van der Waals surface area (Å²) in [5.41, 5.74) is 6.92. The molecule has 10 heteroatoms. The number of hydrogen-bond acceptors (Lipinski definition) is 6. The van der Waals surface area contributed by atoms with Gasteiger partial charge in [0.15, 0.2) is 5.37 Å². The Hall–Kier alpha value is -3.08. The summed E-state index contributed by atoms with van der Waals surface area (Å²) in [6.07, 6.45) is 0. The van der Waals surface area contributed by atoms with Crippen molar-refractivity contribution in [3.63, 3.8) is 0 Å². The molecule has 1 atom stereocenters. The molecule has 0 bridgehead atoms. The molecule has 0 saturated carbocycles. The summed E-state index contributed by atoms with van der Waals surface area (Å²) in [5, 5.41) is 1.26. The van der Waals surface area contributed by atoms with Gasteiger partial charge in [-0.25, -0.2) is 8.42 Å². The van der Waals surface area contributed by atoms with E-state index in [-0.39, 0.29) is 21.8 Å². The smallest absolute Gasteiger partial charge is 0.290 e. The average Bonchev–Trinajstić information content (AvgIpc) is 2.68. The van der Waals surface area contributed by atoms with Crippen molar-refractivity contribution in [3.8, 4) is 0 Å². The van der Waals surface area contributed by atoms with E-state index < -0.39 is 25.5 Å². The van der Waals surface area contributed by atoms with Gasteiger partial charge in [0, 0.05) is 5.69 Å². The van der Waals surface area contributed by atoms with Gasteiger partial charge in [-0.05, 0) is 42.0 Å². The van der Waals surface area contributed by atoms with Crippen LogP contribution in [0.15, 0.2) is 83.8 Å². The van der Waals surface area contributed by atoms with Crippen LogP contribution in [0.3, 0.4) is 0 Å². The molecule has 8 nitrogen and oxygen atoms in total. The number of anilines is 3. The Morgan fingerprint density at radius 2 is 1.38 bits per heavy atom. The van der Waals surface area contributed by atoms with E-state index in [9.17, 15) is 21.4 Å². The van der Waals surface area contributed by atoms with Crippen LogP contribution in [0.1, 0.15) is 10.9 Å². The predicted molar refractivity (Wildman–Crippen MR) is 112 cm³/mol. The number of hydrogen-bond donors (Lipinski definition) is 4. The third-order valence-corrected chi connectivity index (χ3v) is 6.43. The summed E-state index contributed by atoms with van der Waals surface area (Å²) in [4.78, 5) is -0.0849. The van der Waals surface area contributed by atoms with Crippen LogP contribution in [0, 0.1) is 0 Å². The Balaban J connectivity index is 1.88. The highest BCUT2D eigenvalue weighted by molar-refractivity contribution is 7.92. The molecule has 29 heavy (non-hydrogen) atoms. The topological polar surface area (TPSA) is 139 Å². The van der Waals surface area contributed by atoms with E-state index in [1.807, 2.05) is 0 Å². The first kappa shape index (κ1) is 20.6. The molecule has 0 radical (unpaired) electrons. The van der Waals surface area contributed by atoms with Gasteiger partial charge in [-0.3, -0.25) is 9.27 Å². The first-order chi connectivity index (χ1) is 13.7. The fourth-order valence-corrected chi connectivity index (χ4v) is 4.50. The van der Waals surface area contributed by atoms with Crippen molar-refractivity contribution in [1.29, 1.82) is 0 Å². The molecule has 0 aliphatic rings. The maximum atomic E-state index is 12.6. The molecule has 0 aliphatic carbocycles. The number of para-hydroxylation sites is 3. The molecule has 152 valence electrons. The third-order valence-electron chi connectivity index (χ3n) is 4.07. The summed E-state index contributed by atoms with van der Waals surface area (Å²) in [5.74, 6) is 0. The van der Waals surface area contributed by atoms with E-state index in [0.29, 0.717) is 5.69 Å². The molecule has 0 amide bonds. The van der Waals surface area contributed by atoms with Crippen LogP contribution in [0.25, 0.3) is 0 Å². The first-order valence-corrected chi connectivity index (χ1v) is 11.4. The normalized spacial score (nSPS) is 12.9. The van der Waals surface area contributed by atoms with Crippen molar-refractivity contribution in [3.05, 3.63) is 84.4 Å². The van der Waals surface area contributed by atoms with Gasteiger partial charge in [-0.1, -0.05) is 42.5 Å². The maximum absolute atomic E-state index is 12.6. The Labute approximate surface area is 169 Å². The predicted octanol–water partition coefficient (Wildman–Crippen LogP) is 3.07. The molecule has 3 aromatic carbocycles. The highest BCUT2D eigenvalue weighted by Gasteiger charge is 2.26. The van der Waals surface area contributed by atoms with Crippen LogP contribution < -0.4 is 15.8 Å². The molecule has 0 aliphatic heterocycles. The van der Waals surface area contributed by atoms with Crippen molar-refractivity contribution in [2.24, 2.45) is 0 Å². The SMILES string of the molecule is Nc1ccccc1NS(=O)(=O)c1ccc(C(Nc2ccccc2)S(=O)(=O)O)cc1. The van der Waals surface area contributed by atoms with Crippen LogP contribution in [0.5, 0.6) is 0 Å². The van der Waals surface area contributed by atoms with Crippen molar-refractivity contribution in [1.82, 2.24) is 0 Å². The van der Waals surface area contributed by atoms with E-state index in [2.05, 4.69) is 10.0 Å². The fourth-order valence-electron chi connectivity index (χ4n) is 2.63. The van der Waals surface area contributed by atoms with Crippen LogP contribution in [-0.2, 0) is 20.1 Å². The summed E-state index contributed by atoms with van der Waals surface area (Å²) in [6, 6.07) is 20.0. The quantitative estimate of drug-likeness (QED) is 0.332. The lowest BCUT2D eigenvalue weighted by Gasteiger charge is -2.18. The van der Waals surface area contributed by atoms with E-state index in [4.69, 9.17) is 5.73 Å². The van der Waals surface area contributed by atoms with Crippen molar-refractivity contribution in [2.45, 2.75) is 10.3 Å². The molecule has 3 aromatic rings. The lowest BCUT2D eigenvalue weighted by Crippen LogP contribution is -2.21. The summed E-state index contributed by atoms with van der Waals surface area (Å²) in [7, 11) is -8.45. The van der Waals surface area contributed by atoms with Gasteiger partial charge < -0.3 is 11.1 Å². The van der Waals surface area contributed by atoms with Gasteiger partial charge in [0.05, 0.1) is 16.3 Å². The van der Waals surface area contributed by atoms with E-state index >= 15 is 0 Å². The Morgan fingerprint density at radius 3 is 1.97 bits per heavy atom. The zero-order valence-corrected chi connectivity index (χ0v) is 16.7. The second-order valence-corrected chi connectivity index (χ2v) is 9.35. The molecule has 0 saturated heterocycles. The summed E-state index contributed by atoms with van der Waals surface area (Å²) in [6.45, 7) is 0. The lowest BCUT2D eigenvalue weighted by molar-refractivity contribution is 0.473. The highest BCUT2D eigenvalue weighted by Crippen LogP contribution is 2.26. The Morgan fingerprint density at radius 1 is 0.793 bits per heavy atom. The van der Waals surface area contributed by atoms with E-state index in [1.54, 1.807) is 48.5 Å². The molecule has 0 fully saturated rings. The Bertz CT molecular complexity index is 1200. The second-order valence-electron chi connectivity index (χ2n) is 6.17. The number of sulfonamides is 1. The average molecular weight is 434 g/mol. The zero-order valence-electron chi connectivity index (χ0n) is 15.1. The van der Waals surface area contributed by atoms with Gasteiger partial charge in [-0.15, -0.1) is 0 Å². The Kier molecular flexibility index (Phi) is 5.78. The minimum atomic E-state index is -4.51. The van der Waals surface area contributed by atoms with Crippen LogP contribution in [0.4, 0.5) is 17.1 Å². The minimum absolute atomic E-state index is 0.0849. The lowest BCUT2D eigenvalue weighted by atomic mass is 10.2. The van der Waals surface area contributed by atoms with Gasteiger partial charge in [0.1, 0.15) is 0 Å². The number of nitrogens with two attached hydrogens (primary N) is 1. The van der Waals surface area contributed by atoms with E-state index in [1.165, 1.54) is 30.3 Å².